The van der Waals surface area contributed by atoms with Gasteiger partial charge in [-0.15, -0.1) is 0 Å². The largest absolute Gasteiger partial charge is 0.435 e. The lowest BCUT2D eigenvalue weighted by molar-refractivity contribution is -0.122. The van der Waals surface area contributed by atoms with Crippen molar-refractivity contribution < 1.29 is 18.3 Å². The molecule has 2 heterocycles. The van der Waals surface area contributed by atoms with Crippen LogP contribution in [-0.4, -0.2) is 24.6 Å². The molecule has 6 heteroatoms. The molecule has 0 spiro atoms. The Kier molecular flexibility index (Phi) is 5.33. The summed E-state index contributed by atoms with van der Waals surface area (Å²) < 4.78 is 28.6. The standard InChI is InChI=1S/C18H24F2N2O2/c1-11(13-2-6-16(7-3-13)24-18(19)20)21-17(23)10-12-8-14-4-5-15(9-12)22-14/h2-3,6-7,11-12,14-15,18,22H,4-5,8-10H2,1H3,(H,21,23). The Bertz CT molecular complexity index is 553. The van der Waals surface area contributed by atoms with Gasteiger partial charge in [0.15, 0.2) is 0 Å². The quantitative estimate of drug-likeness (QED) is 0.836. The Balaban J connectivity index is 1.48. The molecule has 132 valence electrons. The minimum Gasteiger partial charge on any atom is -0.435 e. The minimum absolute atomic E-state index is 0.0571. The smallest absolute Gasteiger partial charge is 0.387 e. The van der Waals surface area contributed by atoms with E-state index in [9.17, 15) is 13.6 Å². The van der Waals surface area contributed by atoms with E-state index in [2.05, 4.69) is 15.4 Å². The number of halogens is 2. The van der Waals surface area contributed by atoms with E-state index in [0.29, 0.717) is 24.4 Å². The normalized spacial score (nSPS) is 27.1. The molecule has 2 aliphatic rings. The van der Waals surface area contributed by atoms with E-state index in [1.807, 2.05) is 6.92 Å². The van der Waals surface area contributed by atoms with Gasteiger partial charge in [-0.3, -0.25) is 4.79 Å². The highest BCUT2D eigenvalue weighted by atomic mass is 19.3. The average Bonchev–Trinajstić information content (AvgIpc) is 2.86. The average molecular weight is 338 g/mol. The number of amides is 1. The lowest BCUT2D eigenvalue weighted by Crippen LogP contribution is -2.40. The Morgan fingerprint density at radius 1 is 1.25 bits per heavy atom. The van der Waals surface area contributed by atoms with Crippen molar-refractivity contribution in [1.29, 1.82) is 0 Å². The van der Waals surface area contributed by atoms with Crippen LogP contribution >= 0.6 is 0 Å². The molecule has 1 amide bonds. The molecule has 0 saturated carbocycles. The lowest BCUT2D eigenvalue weighted by atomic mass is 9.89. The Morgan fingerprint density at radius 2 is 1.88 bits per heavy atom. The second-order valence-electron chi connectivity index (χ2n) is 6.92. The highest BCUT2D eigenvalue weighted by Crippen LogP contribution is 2.32. The third-order valence-electron chi connectivity index (χ3n) is 5.03. The van der Waals surface area contributed by atoms with Crippen molar-refractivity contribution in [2.24, 2.45) is 5.92 Å². The van der Waals surface area contributed by atoms with Crippen LogP contribution in [0.15, 0.2) is 24.3 Å². The van der Waals surface area contributed by atoms with Gasteiger partial charge in [0, 0.05) is 18.5 Å². The van der Waals surface area contributed by atoms with E-state index in [0.717, 1.165) is 18.4 Å². The van der Waals surface area contributed by atoms with Crippen LogP contribution in [0.2, 0.25) is 0 Å². The molecule has 4 nitrogen and oxygen atoms in total. The van der Waals surface area contributed by atoms with E-state index in [1.165, 1.54) is 25.0 Å². The molecule has 0 aliphatic carbocycles. The molecule has 3 rings (SSSR count). The van der Waals surface area contributed by atoms with Gasteiger partial charge in [0.25, 0.3) is 0 Å². The fourth-order valence-corrected chi connectivity index (χ4v) is 3.93. The number of carbonyl (C=O) groups is 1. The number of alkyl halides is 2. The van der Waals surface area contributed by atoms with Crippen LogP contribution in [0.3, 0.4) is 0 Å². The molecule has 3 unspecified atom stereocenters. The zero-order chi connectivity index (χ0) is 17.1. The topological polar surface area (TPSA) is 50.4 Å². The number of nitrogens with one attached hydrogen (secondary N) is 2. The van der Waals surface area contributed by atoms with Gasteiger partial charge in [-0.05, 0) is 56.2 Å². The summed E-state index contributed by atoms with van der Waals surface area (Å²) in [6.45, 7) is -0.930. The van der Waals surface area contributed by atoms with Crippen LogP contribution in [0.4, 0.5) is 8.78 Å². The van der Waals surface area contributed by atoms with Crippen molar-refractivity contribution in [1.82, 2.24) is 10.6 Å². The molecule has 2 N–H and O–H groups in total. The van der Waals surface area contributed by atoms with Crippen LogP contribution in [0.5, 0.6) is 5.75 Å². The number of ether oxygens (including phenoxy) is 1. The lowest BCUT2D eigenvalue weighted by Gasteiger charge is -2.29. The summed E-state index contributed by atoms with van der Waals surface area (Å²) >= 11 is 0. The summed E-state index contributed by atoms with van der Waals surface area (Å²) in [6.07, 6.45) is 5.18. The molecule has 2 bridgehead atoms. The fraction of sp³-hybridized carbons (Fsp3) is 0.611. The Hall–Kier alpha value is -1.69. The van der Waals surface area contributed by atoms with Crippen molar-refractivity contribution in [3.8, 4) is 5.75 Å². The van der Waals surface area contributed by atoms with Gasteiger partial charge in [-0.25, -0.2) is 0 Å². The van der Waals surface area contributed by atoms with Gasteiger partial charge in [0.2, 0.25) is 5.91 Å². The predicted octanol–water partition coefficient (Wildman–Crippen LogP) is 3.39. The predicted molar refractivity (Wildman–Crippen MR) is 86.9 cm³/mol. The second-order valence-corrected chi connectivity index (χ2v) is 6.92. The van der Waals surface area contributed by atoms with Gasteiger partial charge < -0.3 is 15.4 Å². The van der Waals surface area contributed by atoms with Crippen LogP contribution in [-0.2, 0) is 4.79 Å². The van der Waals surface area contributed by atoms with Gasteiger partial charge in [0.1, 0.15) is 5.75 Å². The maximum Gasteiger partial charge on any atom is 0.387 e. The number of fused-ring (bicyclic) bond motifs is 2. The van der Waals surface area contributed by atoms with E-state index >= 15 is 0 Å². The Labute approximate surface area is 141 Å². The molecule has 1 aromatic rings. The molecular weight excluding hydrogens is 314 g/mol. The van der Waals surface area contributed by atoms with Crippen molar-refractivity contribution in [3.05, 3.63) is 29.8 Å². The second kappa shape index (κ2) is 7.47. The molecule has 3 atom stereocenters. The van der Waals surface area contributed by atoms with Crippen molar-refractivity contribution in [2.75, 3.05) is 0 Å². The first-order valence-electron chi connectivity index (χ1n) is 8.60. The summed E-state index contributed by atoms with van der Waals surface area (Å²) in [5, 5.41) is 6.59. The van der Waals surface area contributed by atoms with Gasteiger partial charge in [-0.1, -0.05) is 12.1 Å². The first-order valence-corrected chi connectivity index (χ1v) is 8.60. The molecule has 2 aliphatic heterocycles. The monoisotopic (exact) mass is 338 g/mol. The molecule has 1 aromatic carbocycles. The van der Waals surface area contributed by atoms with Crippen molar-refractivity contribution >= 4 is 5.91 Å². The molecule has 2 saturated heterocycles. The number of benzene rings is 1. The summed E-state index contributed by atoms with van der Waals surface area (Å²) in [7, 11) is 0. The van der Waals surface area contributed by atoms with Crippen molar-refractivity contribution in [2.45, 2.75) is 63.8 Å². The third-order valence-corrected chi connectivity index (χ3v) is 5.03. The van der Waals surface area contributed by atoms with Gasteiger partial charge >= 0.3 is 6.61 Å². The van der Waals surface area contributed by atoms with Gasteiger partial charge in [-0.2, -0.15) is 8.78 Å². The van der Waals surface area contributed by atoms with Crippen molar-refractivity contribution in [3.63, 3.8) is 0 Å². The molecular formula is C18H24F2N2O2. The van der Waals surface area contributed by atoms with Crippen LogP contribution < -0.4 is 15.4 Å². The molecule has 24 heavy (non-hydrogen) atoms. The number of piperidine rings is 1. The van der Waals surface area contributed by atoms with Crippen LogP contribution in [0.25, 0.3) is 0 Å². The summed E-state index contributed by atoms with van der Waals surface area (Å²) in [5.41, 5.74) is 0.871. The first-order chi connectivity index (χ1) is 11.5. The van der Waals surface area contributed by atoms with Crippen LogP contribution in [0.1, 0.15) is 50.6 Å². The number of carbonyl (C=O) groups excluding carboxylic acids is 1. The maximum atomic E-state index is 12.3. The minimum atomic E-state index is -2.83. The van der Waals surface area contributed by atoms with E-state index < -0.39 is 6.61 Å². The SMILES string of the molecule is CC(NC(=O)CC1CC2CCC(C1)N2)c1ccc(OC(F)F)cc1. The zero-order valence-corrected chi connectivity index (χ0v) is 13.8. The highest BCUT2D eigenvalue weighted by molar-refractivity contribution is 5.76. The maximum absolute atomic E-state index is 12.3. The zero-order valence-electron chi connectivity index (χ0n) is 13.8. The molecule has 2 fully saturated rings. The third kappa shape index (κ3) is 4.44. The number of rotatable bonds is 6. The molecule has 0 radical (unpaired) electrons. The van der Waals surface area contributed by atoms with E-state index in [4.69, 9.17) is 0 Å². The summed E-state index contributed by atoms with van der Waals surface area (Å²) in [6, 6.07) is 7.41. The summed E-state index contributed by atoms with van der Waals surface area (Å²) in [4.78, 5) is 12.3. The first kappa shape index (κ1) is 17.1. The number of hydrogen-bond donors (Lipinski definition) is 2. The summed E-state index contributed by atoms with van der Waals surface area (Å²) in [5.74, 6) is 0.636. The highest BCUT2D eigenvalue weighted by Gasteiger charge is 2.34. The Morgan fingerprint density at radius 3 is 2.46 bits per heavy atom. The molecule has 0 aromatic heterocycles. The fourth-order valence-electron chi connectivity index (χ4n) is 3.93. The van der Waals surface area contributed by atoms with E-state index in [-0.39, 0.29) is 17.7 Å². The van der Waals surface area contributed by atoms with Crippen LogP contribution in [0, 0.1) is 5.92 Å². The number of hydrogen-bond acceptors (Lipinski definition) is 3. The van der Waals surface area contributed by atoms with Gasteiger partial charge in [0.05, 0.1) is 6.04 Å². The van der Waals surface area contributed by atoms with E-state index in [1.54, 1.807) is 12.1 Å².